The molecule has 0 radical (unpaired) electrons. The molecule has 7 heteroatoms. The number of hydrogen-bond donors (Lipinski definition) is 1. The van der Waals surface area contributed by atoms with Gasteiger partial charge in [0, 0.05) is 35.5 Å². The van der Waals surface area contributed by atoms with Crippen molar-refractivity contribution in [3.8, 4) is 0 Å². The van der Waals surface area contributed by atoms with Gasteiger partial charge in [0.1, 0.15) is 5.82 Å². The van der Waals surface area contributed by atoms with Gasteiger partial charge in [-0.2, -0.15) is 16.2 Å². The molecule has 4 nitrogen and oxygen atoms in total. The summed E-state index contributed by atoms with van der Waals surface area (Å²) >= 11 is 1.92. The summed E-state index contributed by atoms with van der Waals surface area (Å²) in [6.45, 7) is 2.31. The largest absolute Gasteiger partial charge is 0.310 e. The summed E-state index contributed by atoms with van der Waals surface area (Å²) in [4.78, 5) is 9.85. The van der Waals surface area contributed by atoms with E-state index in [1.807, 2.05) is 11.8 Å². The highest BCUT2D eigenvalue weighted by Gasteiger charge is 2.25. The van der Waals surface area contributed by atoms with Gasteiger partial charge in [0.05, 0.1) is 4.92 Å². The predicted octanol–water partition coefficient (Wildman–Crippen LogP) is 3.64. The second kappa shape index (κ2) is 7.17. The Labute approximate surface area is 126 Å². The lowest BCUT2D eigenvalue weighted by molar-refractivity contribution is -0.387. The molecular weight excluding hydrogens is 298 g/mol. The first-order chi connectivity index (χ1) is 10.0. The molecule has 0 amide bonds. The highest BCUT2D eigenvalue weighted by molar-refractivity contribution is 7.99. The molecule has 1 aromatic carbocycles. The SMILES string of the molecule is CCSC1CCC(NCc2cc([N+](=O)[O-])c(F)cc2F)C1. The van der Waals surface area contributed by atoms with E-state index in [1.54, 1.807) is 0 Å². The van der Waals surface area contributed by atoms with Gasteiger partial charge in [-0.1, -0.05) is 6.92 Å². The van der Waals surface area contributed by atoms with Crippen molar-refractivity contribution in [3.05, 3.63) is 39.4 Å². The highest BCUT2D eigenvalue weighted by Crippen LogP contribution is 2.30. The molecule has 2 atom stereocenters. The molecule has 0 saturated heterocycles. The molecule has 0 spiro atoms. The number of halogens is 2. The zero-order valence-corrected chi connectivity index (χ0v) is 12.6. The summed E-state index contributed by atoms with van der Waals surface area (Å²) < 4.78 is 26.9. The number of benzene rings is 1. The molecule has 0 heterocycles. The van der Waals surface area contributed by atoms with Gasteiger partial charge in [-0.3, -0.25) is 10.1 Å². The molecular formula is C14H18F2N2O2S. The van der Waals surface area contributed by atoms with E-state index in [2.05, 4.69) is 12.2 Å². The van der Waals surface area contributed by atoms with E-state index in [0.29, 0.717) is 11.3 Å². The highest BCUT2D eigenvalue weighted by atomic mass is 32.2. The quantitative estimate of drug-likeness (QED) is 0.643. The molecule has 1 fully saturated rings. The number of nitro benzene ring substituents is 1. The van der Waals surface area contributed by atoms with Gasteiger partial charge in [-0.05, 0) is 25.0 Å². The van der Waals surface area contributed by atoms with Crippen LogP contribution in [0.3, 0.4) is 0 Å². The first-order valence-electron chi connectivity index (χ1n) is 6.98. The number of nitrogens with zero attached hydrogens (tertiary/aromatic N) is 1. The van der Waals surface area contributed by atoms with Crippen molar-refractivity contribution in [3.63, 3.8) is 0 Å². The summed E-state index contributed by atoms with van der Waals surface area (Å²) in [5, 5.41) is 14.5. The van der Waals surface area contributed by atoms with Crippen LogP contribution in [-0.4, -0.2) is 22.0 Å². The van der Waals surface area contributed by atoms with E-state index >= 15 is 0 Å². The van der Waals surface area contributed by atoms with Gasteiger partial charge in [-0.25, -0.2) is 4.39 Å². The van der Waals surface area contributed by atoms with Gasteiger partial charge in [0.25, 0.3) is 0 Å². The van der Waals surface area contributed by atoms with Crippen LogP contribution in [0, 0.1) is 21.7 Å². The van der Waals surface area contributed by atoms with Crippen LogP contribution in [0.1, 0.15) is 31.7 Å². The van der Waals surface area contributed by atoms with Gasteiger partial charge >= 0.3 is 5.69 Å². The number of nitrogens with one attached hydrogen (secondary N) is 1. The fourth-order valence-electron chi connectivity index (χ4n) is 2.62. The summed E-state index contributed by atoms with van der Waals surface area (Å²) in [6.07, 6.45) is 3.16. The Hall–Kier alpha value is -1.21. The first-order valence-corrected chi connectivity index (χ1v) is 8.03. The van der Waals surface area contributed by atoms with Crippen LogP contribution in [0.2, 0.25) is 0 Å². The van der Waals surface area contributed by atoms with Gasteiger partial charge < -0.3 is 5.32 Å². The van der Waals surface area contributed by atoms with E-state index < -0.39 is 22.2 Å². The minimum atomic E-state index is -1.14. The fourth-order valence-corrected chi connectivity index (χ4v) is 3.77. The van der Waals surface area contributed by atoms with Crippen molar-refractivity contribution in [2.45, 2.75) is 44.0 Å². The van der Waals surface area contributed by atoms with Crippen molar-refractivity contribution in [1.82, 2.24) is 5.32 Å². The van der Waals surface area contributed by atoms with E-state index in [-0.39, 0.29) is 18.2 Å². The Kier molecular flexibility index (Phi) is 5.52. The third-order valence-electron chi connectivity index (χ3n) is 3.68. The monoisotopic (exact) mass is 316 g/mol. The Morgan fingerprint density at radius 2 is 2.14 bits per heavy atom. The molecule has 1 aromatic rings. The molecule has 1 aliphatic carbocycles. The molecule has 1 aliphatic rings. The smallest absolute Gasteiger partial charge is 0.305 e. The maximum atomic E-state index is 13.7. The molecule has 116 valence electrons. The van der Waals surface area contributed by atoms with Gasteiger partial charge in [0.15, 0.2) is 0 Å². The Bertz CT molecular complexity index is 528. The van der Waals surface area contributed by atoms with E-state index in [0.717, 1.165) is 31.1 Å². The molecule has 0 aliphatic heterocycles. The maximum Gasteiger partial charge on any atom is 0.305 e. The third kappa shape index (κ3) is 4.14. The van der Waals surface area contributed by atoms with E-state index in [9.17, 15) is 18.9 Å². The molecule has 21 heavy (non-hydrogen) atoms. The number of hydrogen-bond acceptors (Lipinski definition) is 4. The lowest BCUT2D eigenvalue weighted by atomic mass is 10.1. The van der Waals surface area contributed by atoms with Crippen LogP contribution in [0.25, 0.3) is 0 Å². The van der Waals surface area contributed by atoms with Gasteiger partial charge in [-0.15, -0.1) is 0 Å². The van der Waals surface area contributed by atoms with Crippen molar-refractivity contribution < 1.29 is 13.7 Å². The van der Waals surface area contributed by atoms with Crippen LogP contribution in [0.15, 0.2) is 12.1 Å². The molecule has 2 rings (SSSR count). The topological polar surface area (TPSA) is 55.2 Å². The minimum Gasteiger partial charge on any atom is -0.310 e. The van der Waals surface area contributed by atoms with Crippen LogP contribution in [0.4, 0.5) is 14.5 Å². The summed E-state index contributed by atoms with van der Waals surface area (Å²) in [7, 11) is 0. The van der Waals surface area contributed by atoms with Crippen LogP contribution in [0.5, 0.6) is 0 Å². The summed E-state index contributed by atoms with van der Waals surface area (Å²) in [6, 6.07) is 1.85. The van der Waals surface area contributed by atoms with Crippen molar-refractivity contribution in [1.29, 1.82) is 0 Å². The summed E-state index contributed by atoms with van der Waals surface area (Å²) in [5.74, 6) is -0.805. The molecule has 1 saturated carbocycles. The lowest BCUT2D eigenvalue weighted by Gasteiger charge is -2.13. The Balaban J connectivity index is 1.97. The standard InChI is InChI=1S/C14H18F2N2O2S/c1-2-21-11-4-3-10(6-11)17-8-9-5-14(18(19)20)13(16)7-12(9)15/h5,7,10-11,17H,2-4,6,8H2,1H3. The van der Waals surface area contributed by atoms with E-state index in [1.165, 1.54) is 0 Å². The van der Waals surface area contributed by atoms with Crippen LogP contribution >= 0.6 is 11.8 Å². The fraction of sp³-hybridized carbons (Fsp3) is 0.571. The number of nitro groups is 1. The van der Waals surface area contributed by atoms with Crippen molar-refractivity contribution in [2.75, 3.05) is 5.75 Å². The number of thioether (sulfide) groups is 1. The Morgan fingerprint density at radius 1 is 1.38 bits per heavy atom. The second-order valence-electron chi connectivity index (χ2n) is 5.12. The molecule has 0 aromatic heterocycles. The lowest BCUT2D eigenvalue weighted by Crippen LogP contribution is -2.26. The Morgan fingerprint density at radius 3 is 2.81 bits per heavy atom. The average molecular weight is 316 g/mol. The summed E-state index contributed by atoms with van der Waals surface area (Å²) in [5.41, 5.74) is -0.547. The normalized spacial score (nSPS) is 21.7. The molecule has 2 unspecified atom stereocenters. The van der Waals surface area contributed by atoms with Crippen molar-refractivity contribution in [2.24, 2.45) is 0 Å². The predicted molar refractivity (Wildman–Crippen MR) is 79.4 cm³/mol. The molecule has 0 bridgehead atoms. The van der Waals surface area contributed by atoms with Crippen molar-refractivity contribution >= 4 is 17.4 Å². The zero-order valence-electron chi connectivity index (χ0n) is 11.8. The number of rotatable bonds is 6. The molecule has 1 N–H and O–H groups in total. The van der Waals surface area contributed by atoms with Crippen LogP contribution < -0.4 is 5.32 Å². The zero-order chi connectivity index (χ0) is 15.4. The average Bonchev–Trinajstić information content (AvgIpc) is 2.85. The second-order valence-corrected chi connectivity index (χ2v) is 6.70. The van der Waals surface area contributed by atoms with Crippen LogP contribution in [-0.2, 0) is 6.54 Å². The van der Waals surface area contributed by atoms with Gasteiger partial charge in [0.2, 0.25) is 5.82 Å². The maximum absolute atomic E-state index is 13.7. The third-order valence-corrected chi connectivity index (χ3v) is 4.91. The first kappa shape index (κ1) is 16.2. The minimum absolute atomic E-state index is 0.134. The van der Waals surface area contributed by atoms with E-state index in [4.69, 9.17) is 0 Å².